The minimum Gasteiger partial charge on any atom is -0.375 e. The molecule has 1 aliphatic rings. The maximum absolute atomic E-state index is 3.09. The van der Waals surface area contributed by atoms with Gasteiger partial charge in [0.1, 0.15) is 0 Å². The Kier molecular flexibility index (Phi) is 3.43. The molecule has 0 aromatic rings. The van der Waals surface area contributed by atoms with Gasteiger partial charge in [-0.05, 0) is 33.0 Å². The van der Waals surface area contributed by atoms with Gasteiger partial charge in [0.05, 0.1) is 0 Å². The number of hydrogen-bond donors (Lipinski definition) is 1. The van der Waals surface area contributed by atoms with Crippen molar-refractivity contribution in [3.63, 3.8) is 0 Å². The van der Waals surface area contributed by atoms with Crippen LogP contribution in [-0.2, 0) is 0 Å². The topological polar surface area (TPSA) is 15.3 Å². The molecule has 0 unspecified atom stereocenters. The van der Waals surface area contributed by atoms with Crippen molar-refractivity contribution in [1.82, 2.24) is 10.2 Å². The summed E-state index contributed by atoms with van der Waals surface area (Å²) in [5, 5.41) is 3.09. The van der Waals surface area contributed by atoms with Gasteiger partial charge in [0, 0.05) is 19.1 Å². The van der Waals surface area contributed by atoms with Crippen molar-refractivity contribution in [2.24, 2.45) is 0 Å². The third-order valence-electron chi connectivity index (χ3n) is 2.00. The number of nitrogens with zero attached hydrogens (tertiary/aromatic N) is 1. The first kappa shape index (κ1) is 8.60. The van der Waals surface area contributed by atoms with Crippen LogP contribution in [0.4, 0.5) is 0 Å². The van der Waals surface area contributed by atoms with E-state index in [4.69, 9.17) is 0 Å². The third kappa shape index (κ3) is 2.93. The molecule has 2 nitrogen and oxygen atoms in total. The fourth-order valence-electron chi connectivity index (χ4n) is 1.20. The van der Waals surface area contributed by atoms with E-state index in [1.54, 1.807) is 0 Å². The zero-order valence-corrected chi connectivity index (χ0v) is 7.51. The van der Waals surface area contributed by atoms with Crippen LogP contribution in [0, 0.1) is 0 Å². The van der Waals surface area contributed by atoms with Crippen molar-refractivity contribution in [1.29, 1.82) is 0 Å². The van der Waals surface area contributed by atoms with Gasteiger partial charge in [-0.2, -0.15) is 0 Å². The molecular formula is C9H18N2. The van der Waals surface area contributed by atoms with Crippen molar-refractivity contribution in [3.05, 3.63) is 12.3 Å². The second-order valence-corrected chi connectivity index (χ2v) is 3.00. The highest BCUT2D eigenvalue weighted by molar-refractivity contribution is 4.93. The van der Waals surface area contributed by atoms with E-state index >= 15 is 0 Å². The Morgan fingerprint density at radius 2 is 2.27 bits per heavy atom. The lowest BCUT2D eigenvalue weighted by molar-refractivity contribution is 0.385. The number of nitrogens with one attached hydrogen (secondary N) is 1. The molecule has 0 aromatic heterocycles. The Morgan fingerprint density at radius 1 is 1.55 bits per heavy atom. The summed E-state index contributed by atoms with van der Waals surface area (Å²) >= 11 is 0. The first-order valence-corrected chi connectivity index (χ1v) is 4.45. The average Bonchev–Trinajstić information content (AvgIpc) is 2.81. The van der Waals surface area contributed by atoms with E-state index in [2.05, 4.69) is 29.4 Å². The van der Waals surface area contributed by atoms with Crippen LogP contribution < -0.4 is 5.32 Å². The maximum Gasteiger partial charge on any atom is 0.0285 e. The molecule has 0 aromatic carbocycles. The van der Waals surface area contributed by atoms with E-state index < -0.39 is 0 Å². The quantitative estimate of drug-likeness (QED) is 0.640. The van der Waals surface area contributed by atoms with Gasteiger partial charge in [0.15, 0.2) is 0 Å². The van der Waals surface area contributed by atoms with Crippen LogP contribution in [0.25, 0.3) is 0 Å². The molecule has 64 valence electrons. The van der Waals surface area contributed by atoms with E-state index in [1.807, 2.05) is 7.05 Å². The molecule has 1 rings (SSSR count). The van der Waals surface area contributed by atoms with Gasteiger partial charge in [-0.25, -0.2) is 0 Å². The van der Waals surface area contributed by atoms with Crippen LogP contribution in [0.3, 0.4) is 0 Å². The van der Waals surface area contributed by atoms with Crippen LogP contribution in [0.5, 0.6) is 0 Å². The van der Waals surface area contributed by atoms with Crippen molar-refractivity contribution in [3.8, 4) is 0 Å². The lowest BCUT2D eigenvalue weighted by Gasteiger charge is -2.16. The molecule has 1 saturated carbocycles. The summed E-state index contributed by atoms with van der Waals surface area (Å²) in [5.74, 6) is 0. The normalized spacial score (nSPS) is 17.6. The molecule has 0 atom stereocenters. The highest BCUT2D eigenvalue weighted by Gasteiger charge is 2.25. The zero-order valence-electron chi connectivity index (χ0n) is 7.51. The van der Waals surface area contributed by atoms with Gasteiger partial charge < -0.3 is 10.2 Å². The fourth-order valence-corrected chi connectivity index (χ4v) is 1.20. The van der Waals surface area contributed by atoms with Gasteiger partial charge >= 0.3 is 0 Å². The molecule has 0 bridgehead atoms. The smallest absolute Gasteiger partial charge is 0.0285 e. The Morgan fingerprint density at radius 3 is 2.73 bits per heavy atom. The molecule has 0 amide bonds. The third-order valence-corrected chi connectivity index (χ3v) is 2.00. The largest absolute Gasteiger partial charge is 0.375 e. The molecule has 1 N–H and O–H groups in total. The van der Waals surface area contributed by atoms with Gasteiger partial charge in [0.25, 0.3) is 0 Å². The summed E-state index contributed by atoms with van der Waals surface area (Å²) in [4.78, 5) is 2.41. The van der Waals surface area contributed by atoms with Crippen LogP contribution in [0.2, 0.25) is 0 Å². The summed E-state index contributed by atoms with van der Waals surface area (Å²) in [7, 11) is 1.97. The van der Waals surface area contributed by atoms with Gasteiger partial charge in [-0.3, -0.25) is 0 Å². The average molecular weight is 154 g/mol. The van der Waals surface area contributed by atoms with E-state index in [-0.39, 0.29) is 0 Å². The molecule has 0 saturated heterocycles. The summed E-state index contributed by atoms with van der Waals surface area (Å²) < 4.78 is 0. The molecule has 1 aliphatic carbocycles. The van der Waals surface area contributed by atoms with Crippen molar-refractivity contribution in [2.45, 2.75) is 25.8 Å². The molecule has 2 heteroatoms. The van der Waals surface area contributed by atoms with Crippen LogP contribution in [0.15, 0.2) is 12.3 Å². The summed E-state index contributed by atoms with van der Waals surface area (Å²) in [6.07, 6.45) is 7.17. The van der Waals surface area contributed by atoms with Crippen molar-refractivity contribution < 1.29 is 0 Å². The number of rotatable bonds is 5. The monoisotopic (exact) mass is 154 g/mol. The standard InChI is InChI=1S/C9H18N2/c1-3-11(9-5-6-9)8-4-7-10-2/h4,8-10H,3,5-7H2,1-2H3/b8-4+. The molecule has 0 radical (unpaired) electrons. The first-order valence-electron chi connectivity index (χ1n) is 4.45. The van der Waals surface area contributed by atoms with Gasteiger partial charge in [-0.15, -0.1) is 0 Å². The minimum atomic E-state index is 0.855. The highest BCUT2D eigenvalue weighted by Crippen LogP contribution is 2.26. The molecule has 0 spiro atoms. The van der Waals surface area contributed by atoms with E-state index in [0.29, 0.717) is 0 Å². The molecular weight excluding hydrogens is 136 g/mol. The molecule has 0 heterocycles. The van der Waals surface area contributed by atoms with Gasteiger partial charge in [0.2, 0.25) is 0 Å². The second kappa shape index (κ2) is 4.39. The maximum atomic E-state index is 3.09. The van der Waals surface area contributed by atoms with Crippen molar-refractivity contribution >= 4 is 0 Å². The van der Waals surface area contributed by atoms with Crippen LogP contribution in [0.1, 0.15) is 19.8 Å². The first-order chi connectivity index (χ1) is 5.38. The van der Waals surface area contributed by atoms with Crippen LogP contribution >= 0.6 is 0 Å². The lowest BCUT2D eigenvalue weighted by Crippen LogP contribution is -2.19. The predicted molar refractivity (Wildman–Crippen MR) is 48.5 cm³/mol. The number of likely N-dealkylation sites (N-methyl/N-ethyl adjacent to an activating group) is 1. The summed E-state index contributed by atoms with van der Waals surface area (Å²) in [5.41, 5.74) is 0. The Labute approximate surface area is 69.3 Å². The van der Waals surface area contributed by atoms with Crippen LogP contribution in [-0.4, -0.2) is 31.1 Å². The molecule has 11 heavy (non-hydrogen) atoms. The van der Waals surface area contributed by atoms with E-state index in [9.17, 15) is 0 Å². The van der Waals surface area contributed by atoms with E-state index in [1.165, 1.54) is 12.8 Å². The second-order valence-electron chi connectivity index (χ2n) is 3.00. The minimum absolute atomic E-state index is 0.855. The summed E-state index contributed by atoms with van der Waals surface area (Å²) in [6.45, 7) is 4.33. The number of hydrogen-bond acceptors (Lipinski definition) is 2. The summed E-state index contributed by atoms with van der Waals surface area (Å²) in [6, 6.07) is 0.855. The SMILES string of the molecule is CCN(/C=C/CNC)C1CC1. The fraction of sp³-hybridized carbons (Fsp3) is 0.778. The Bertz CT molecular complexity index is 128. The van der Waals surface area contributed by atoms with E-state index in [0.717, 1.165) is 19.1 Å². The zero-order chi connectivity index (χ0) is 8.10. The molecule has 1 fully saturated rings. The highest BCUT2D eigenvalue weighted by atomic mass is 15.2. The molecule has 0 aliphatic heterocycles. The predicted octanol–water partition coefficient (Wildman–Crippen LogP) is 1.20. The lowest BCUT2D eigenvalue weighted by atomic mass is 10.5. The Hall–Kier alpha value is -0.500. The van der Waals surface area contributed by atoms with Crippen molar-refractivity contribution in [2.75, 3.05) is 20.1 Å². The Balaban J connectivity index is 2.19. The van der Waals surface area contributed by atoms with Gasteiger partial charge in [-0.1, -0.05) is 6.08 Å².